The van der Waals surface area contributed by atoms with Crippen molar-refractivity contribution >= 4 is 5.78 Å². The van der Waals surface area contributed by atoms with Crippen LogP contribution in [0, 0.1) is 16.2 Å². The van der Waals surface area contributed by atoms with Crippen molar-refractivity contribution in [3.63, 3.8) is 0 Å². The summed E-state index contributed by atoms with van der Waals surface area (Å²) in [5.74, 6) is 0.442. The van der Waals surface area contributed by atoms with Gasteiger partial charge in [-0.15, -0.1) is 0 Å². The molecular weight excluding hydrogens is 256 g/mol. The molecule has 0 fully saturated rings. The molecule has 0 saturated heterocycles. The Labute approximate surface area is 134 Å². The molecule has 0 aliphatic rings. The van der Waals surface area contributed by atoms with E-state index in [1.807, 2.05) is 0 Å². The first kappa shape index (κ1) is 20.7. The monoisotopic (exact) mass is 296 g/mol. The van der Waals surface area contributed by atoms with Gasteiger partial charge in [-0.05, 0) is 36.5 Å². The van der Waals surface area contributed by atoms with Crippen molar-refractivity contribution in [1.29, 1.82) is 0 Å². The lowest BCUT2D eigenvalue weighted by Crippen LogP contribution is -2.28. The lowest BCUT2D eigenvalue weighted by molar-refractivity contribution is -0.127. The van der Waals surface area contributed by atoms with Gasteiger partial charge in [-0.2, -0.15) is 0 Å². The molecular formula is C20H40O. The SMILES string of the molecule is CCC(C)(CC)CC(C)(CC)CCCC(=O)C(C)(C)CC. The molecule has 1 unspecified atom stereocenters. The minimum Gasteiger partial charge on any atom is -0.299 e. The quantitative estimate of drug-likeness (QED) is 0.410. The van der Waals surface area contributed by atoms with Crippen LogP contribution >= 0.6 is 0 Å². The zero-order valence-corrected chi connectivity index (χ0v) is 16.1. The van der Waals surface area contributed by atoms with Crippen molar-refractivity contribution in [2.24, 2.45) is 16.2 Å². The zero-order valence-electron chi connectivity index (χ0n) is 16.1. The van der Waals surface area contributed by atoms with E-state index in [0.717, 1.165) is 19.3 Å². The summed E-state index contributed by atoms with van der Waals surface area (Å²) in [5.41, 5.74) is 0.707. The van der Waals surface area contributed by atoms with E-state index in [-0.39, 0.29) is 5.41 Å². The molecule has 0 aromatic heterocycles. The van der Waals surface area contributed by atoms with E-state index in [9.17, 15) is 4.79 Å². The number of hydrogen-bond donors (Lipinski definition) is 0. The van der Waals surface area contributed by atoms with E-state index < -0.39 is 0 Å². The van der Waals surface area contributed by atoms with Crippen LogP contribution in [0.2, 0.25) is 0 Å². The largest absolute Gasteiger partial charge is 0.299 e. The van der Waals surface area contributed by atoms with Crippen molar-refractivity contribution in [2.45, 2.75) is 107 Å². The molecule has 0 rings (SSSR count). The van der Waals surface area contributed by atoms with Gasteiger partial charge in [0.1, 0.15) is 5.78 Å². The molecule has 0 aromatic rings. The molecule has 0 radical (unpaired) electrons. The van der Waals surface area contributed by atoms with Crippen LogP contribution in [0.15, 0.2) is 0 Å². The smallest absolute Gasteiger partial charge is 0.138 e. The maximum atomic E-state index is 12.3. The first-order valence-electron chi connectivity index (χ1n) is 9.11. The van der Waals surface area contributed by atoms with Crippen LogP contribution < -0.4 is 0 Å². The number of hydrogen-bond acceptors (Lipinski definition) is 1. The predicted octanol–water partition coefficient (Wildman–Crippen LogP) is 6.79. The maximum Gasteiger partial charge on any atom is 0.138 e. The molecule has 0 aliphatic carbocycles. The Bertz CT molecular complexity index is 312. The molecule has 126 valence electrons. The summed E-state index contributed by atoms with van der Waals surface area (Å²) in [6, 6.07) is 0. The van der Waals surface area contributed by atoms with Crippen LogP contribution in [0.1, 0.15) is 107 Å². The normalized spacial score (nSPS) is 15.8. The average molecular weight is 297 g/mol. The fourth-order valence-electron chi connectivity index (χ4n) is 3.13. The Morgan fingerprint density at radius 2 is 1.24 bits per heavy atom. The highest BCUT2D eigenvalue weighted by molar-refractivity contribution is 5.83. The van der Waals surface area contributed by atoms with Crippen LogP contribution in [0.25, 0.3) is 0 Å². The second kappa shape index (κ2) is 8.34. The van der Waals surface area contributed by atoms with Crippen LogP contribution in [0.3, 0.4) is 0 Å². The molecule has 0 heterocycles. The van der Waals surface area contributed by atoms with Gasteiger partial charge < -0.3 is 0 Å². The highest BCUT2D eigenvalue weighted by Gasteiger charge is 2.32. The number of ketones is 1. The van der Waals surface area contributed by atoms with Gasteiger partial charge in [0.2, 0.25) is 0 Å². The molecule has 0 aromatic carbocycles. The van der Waals surface area contributed by atoms with Gasteiger partial charge in [0.25, 0.3) is 0 Å². The molecule has 0 spiro atoms. The van der Waals surface area contributed by atoms with Crippen molar-refractivity contribution in [1.82, 2.24) is 0 Å². The summed E-state index contributed by atoms with van der Waals surface area (Å²) < 4.78 is 0. The Hall–Kier alpha value is -0.330. The number of carbonyl (C=O) groups is 1. The topological polar surface area (TPSA) is 17.1 Å². The number of carbonyl (C=O) groups excluding carboxylic acids is 1. The first-order chi connectivity index (χ1) is 9.58. The lowest BCUT2D eigenvalue weighted by atomic mass is 9.67. The summed E-state index contributed by atoms with van der Waals surface area (Å²) in [6.45, 7) is 18.1. The fourth-order valence-corrected chi connectivity index (χ4v) is 3.13. The van der Waals surface area contributed by atoms with Gasteiger partial charge >= 0.3 is 0 Å². The molecule has 0 N–H and O–H groups in total. The van der Waals surface area contributed by atoms with Crippen molar-refractivity contribution in [3.8, 4) is 0 Å². The lowest BCUT2D eigenvalue weighted by Gasteiger charge is -2.39. The van der Waals surface area contributed by atoms with Gasteiger partial charge in [-0.1, -0.05) is 74.7 Å². The molecule has 0 aliphatic heterocycles. The Morgan fingerprint density at radius 3 is 1.62 bits per heavy atom. The fraction of sp³-hybridized carbons (Fsp3) is 0.950. The molecule has 0 saturated carbocycles. The van der Waals surface area contributed by atoms with Gasteiger partial charge in [0, 0.05) is 11.8 Å². The second-order valence-electron chi connectivity index (χ2n) is 8.37. The molecule has 0 bridgehead atoms. The summed E-state index contributed by atoms with van der Waals surface area (Å²) in [7, 11) is 0. The van der Waals surface area contributed by atoms with E-state index in [1.165, 1.54) is 32.1 Å². The van der Waals surface area contributed by atoms with Crippen molar-refractivity contribution < 1.29 is 4.79 Å². The van der Waals surface area contributed by atoms with Gasteiger partial charge in [0.15, 0.2) is 0 Å². The van der Waals surface area contributed by atoms with Gasteiger partial charge in [0.05, 0.1) is 0 Å². The van der Waals surface area contributed by atoms with Crippen molar-refractivity contribution in [2.75, 3.05) is 0 Å². The summed E-state index contributed by atoms with van der Waals surface area (Å²) >= 11 is 0. The zero-order chi connectivity index (χ0) is 16.7. The third-order valence-electron chi connectivity index (χ3n) is 6.24. The van der Waals surface area contributed by atoms with E-state index >= 15 is 0 Å². The van der Waals surface area contributed by atoms with E-state index in [2.05, 4.69) is 55.4 Å². The van der Waals surface area contributed by atoms with E-state index in [4.69, 9.17) is 0 Å². The summed E-state index contributed by atoms with van der Waals surface area (Å²) in [5, 5.41) is 0. The average Bonchev–Trinajstić information content (AvgIpc) is 2.46. The maximum absolute atomic E-state index is 12.3. The van der Waals surface area contributed by atoms with Crippen LogP contribution in [-0.2, 0) is 4.79 Å². The Balaban J connectivity index is 4.54. The highest BCUT2D eigenvalue weighted by Crippen LogP contribution is 2.44. The van der Waals surface area contributed by atoms with E-state index in [1.54, 1.807) is 0 Å². The molecule has 1 atom stereocenters. The van der Waals surface area contributed by atoms with Gasteiger partial charge in [-0.3, -0.25) is 4.79 Å². The van der Waals surface area contributed by atoms with Crippen LogP contribution in [-0.4, -0.2) is 5.78 Å². The number of Topliss-reactive ketones (excluding diaryl/α,β-unsaturated/α-hetero) is 1. The van der Waals surface area contributed by atoms with Gasteiger partial charge in [-0.25, -0.2) is 0 Å². The van der Waals surface area contributed by atoms with Crippen molar-refractivity contribution in [3.05, 3.63) is 0 Å². The van der Waals surface area contributed by atoms with Crippen LogP contribution in [0.4, 0.5) is 0 Å². The van der Waals surface area contributed by atoms with E-state index in [0.29, 0.717) is 16.6 Å². The first-order valence-corrected chi connectivity index (χ1v) is 9.11. The minimum atomic E-state index is -0.135. The molecule has 0 amide bonds. The Morgan fingerprint density at radius 1 is 0.762 bits per heavy atom. The second-order valence-corrected chi connectivity index (χ2v) is 8.37. The predicted molar refractivity (Wildman–Crippen MR) is 94.6 cm³/mol. The summed E-state index contributed by atoms with van der Waals surface area (Å²) in [6.07, 6.45) is 8.94. The number of rotatable bonds is 11. The third kappa shape index (κ3) is 6.53. The summed E-state index contributed by atoms with van der Waals surface area (Å²) in [4.78, 5) is 12.3. The highest BCUT2D eigenvalue weighted by atomic mass is 16.1. The Kier molecular flexibility index (Phi) is 8.21. The third-order valence-corrected chi connectivity index (χ3v) is 6.24. The minimum absolute atomic E-state index is 0.135. The molecule has 1 nitrogen and oxygen atoms in total. The molecule has 1 heteroatoms. The van der Waals surface area contributed by atoms with Crippen LogP contribution in [0.5, 0.6) is 0 Å². The standard InChI is InChI=1S/C20H40O/c1-9-18(5,6)17(21)14-13-15-20(8,12-4)16-19(7,10-2)11-3/h9-16H2,1-8H3. The molecule has 21 heavy (non-hydrogen) atoms.